The zero-order chi connectivity index (χ0) is 30.6. The number of alkyl carbamates (subject to hydrolysis) is 1. The highest BCUT2D eigenvalue weighted by Crippen LogP contribution is 2.31. The van der Waals surface area contributed by atoms with Gasteiger partial charge in [0.05, 0.1) is 0 Å². The molecule has 0 saturated carbocycles. The minimum absolute atomic E-state index is 0.138. The topological polar surface area (TPSA) is 87.7 Å². The fraction of sp³-hybridized carbons (Fsp3) is 0.727. The summed E-state index contributed by atoms with van der Waals surface area (Å²) in [6, 6.07) is 4.18. The van der Waals surface area contributed by atoms with Gasteiger partial charge in [-0.3, -0.25) is 9.59 Å². The maximum atomic E-state index is 14.5. The van der Waals surface area contributed by atoms with Gasteiger partial charge in [-0.2, -0.15) is 0 Å². The van der Waals surface area contributed by atoms with Gasteiger partial charge in [0.1, 0.15) is 17.7 Å². The van der Waals surface area contributed by atoms with Gasteiger partial charge in [-0.25, -0.2) is 4.79 Å². The summed E-state index contributed by atoms with van der Waals surface area (Å²) in [6.45, 7) is 22.4. The van der Waals surface area contributed by atoms with E-state index in [0.717, 1.165) is 48.8 Å². The molecule has 0 fully saturated rings. The molecule has 3 atom stereocenters. The van der Waals surface area contributed by atoms with E-state index in [9.17, 15) is 14.4 Å². The van der Waals surface area contributed by atoms with Gasteiger partial charge in [-0.05, 0) is 90.2 Å². The summed E-state index contributed by atoms with van der Waals surface area (Å²) in [6.07, 6.45) is 4.43. The van der Waals surface area contributed by atoms with Crippen molar-refractivity contribution in [2.45, 2.75) is 138 Å². The summed E-state index contributed by atoms with van der Waals surface area (Å²) < 4.78 is 5.52. The van der Waals surface area contributed by atoms with Crippen LogP contribution in [0.4, 0.5) is 4.79 Å². The Morgan fingerprint density at radius 2 is 1.60 bits per heavy atom. The second-order valence-corrected chi connectivity index (χ2v) is 13.2. The first-order valence-electron chi connectivity index (χ1n) is 15.2. The largest absolute Gasteiger partial charge is 0.444 e. The number of carbonyl (C=O) groups is 3. The molecule has 0 aliphatic carbocycles. The van der Waals surface area contributed by atoms with Crippen molar-refractivity contribution in [3.8, 4) is 0 Å². The van der Waals surface area contributed by atoms with Gasteiger partial charge in [-0.15, -0.1) is 0 Å². The molecular formula is C33H57N3O4. The van der Waals surface area contributed by atoms with Crippen molar-refractivity contribution in [2.75, 3.05) is 6.54 Å². The number of hydrogen-bond donors (Lipinski definition) is 2. The third kappa shape index (κ3) is 12.3. The number of rotatable bonds is 15. The number of carbonyl (C=O) groups excluding carboxylic acids is 3. The third-order valence-electron chi connectivity index (χ3n) is 6.92. The second kappa shape index (κ2) is 16.6. The molecule has 0 aromatic heterocycles. The molecule has 0 aliphatic rings. The Balaban J connectivity index is 3.65. The number of amides is 3. The van der Waals surface area contributed by atoms with Crippen LogP contribution in [0, 0.1) is 25.7 Å². The molecule has 3 unspecified atom stereocenters. The first kappa shape index (κ1) is 35.5. The molecule has 0 aliphatic heterocycles. The Labute approximate surface area is 244 Å². The van der Waals surface area contributed by atoms with Gasteiger partial charge in [0.25, 0.3) is 0 Å². The van der Waals surface area contributed by atoms with Crippen molar-refractivity contribution in [1.29, 1.82) is 0 Å². The summed E-state index contributed by atoms with van der Waals surface area (Å²) >= 11 is 0. The number of nitrogens with zero attached hydrogens (tertiary/aromatic N) is 1. The van der Waals surface area contributed by atoms with Crippen molar-refractivity contribution >= 4 is 17.9 Å². The lowest BCUT2D eigenvalue weighted by Crippen LogP contribution is -2.56. The maximum Gasteiger partial charge on any atom is 0.408 e. The molecule has 1 rings (SSSR count). The molecule has 40 heavy (non-hydrogen) atoms. The molecule has 7 nitrogen and oxygen atoms in total. The maximum absolute atomic E-state index is 14.5. The van der Waals surface area contributed by atoms with E-state index in [1.807, 2.05) is 52.8 Å². The van der Waals surface area contributed by atoms with Gasteiger partial charge in [-0.1, -0.05) is 71.2 Å². The van der Waals surface area contributed by atoms with Crippen LogP contribution in [0.3, 0.4) is 0 Å². The van der Waals surface area contributed by atoms with Gasteiger partial charge < -0.3 is 20.3 Å². The van der Waals surface area contributed by atoms with Gasteiger partial charge in [0.15, 0.2) is 0 Å². The summed E-state index contributed by atoms with van der Waals surface area (Å²) in [5, 5.41) is 5.98. The molecule has 0 heterocycles. The Hall–Kier alpha value is -2.57. The van der Waals surface area contributed by atoms with E-state index in [0.29, 0.717) is 18.9 Å². The average Bonchev–Trinajstić information content (AvgIpc) is 2.83. The standard InChI is InChI=1S/C33H57N3O4/c1-12-13-14-19-34-30(37)29(27-21-24(6)16-17-25(27)7)36(26(8)18-15-22(2)3)31(38)28(20-23(4)5)35-32(39)40-33(9,10)11/h16-17,21-23,26,28-29H,12-15,18-20H2,1-11H3,(H,34,37)(H,35,39). The SMILES string of the molecule is CCCCCNC(=O)C(c1cc(C)ccc1C)N(C(=O)C(CC(C)C)NC(=O)OC(C)(C)C)C(C)CCC(C)C. The van der Waals surface area contributed by atoms with Crippen molar-refractivity contribution in [3.63, 3.8) is 0 Å². The van der Waals surface area contributed by atoms with Crippen molar-refractivity contribution in [2.24, 2.45) is 11.8 Å². The minimum Gasteiger partial charge on any atom is -0.444 e. The molecule has 0 saturated heterocycles. The number of unbranched alkanes of at least 4 members (excludes halogenated alkanes) is 2. The molecule has 7 heteroatoms. The summed E-state index contributed by atoms with van der Waals surface area (Å²) in [7, 11) is 0. The van der Waals surface area contributed by atoms with Crippen molar-refractivity contribution < 1.29 is 19.1 Å². The number of benzene rings is 1. The molecule has 228 valence electrons. The first-order chi connectivity index (χ1) is 18.6. The highest BCUT2D eigenvalue weighted by atomic mass is 16.6. The predicted octanol–water partition coefficient (Wildman–Crippen LogP) is 7.24. The highest BCUT2D eigenvalue weighted by Gasteiger charge is 2.39. The van der Waals surface area contributed by atoms with Crippen LogP contribution < -0.4 is 10.6 Å². The van der Waals surface area contributed by atoms with Crippen LogP contribution in [-0.4, -0.2) is 47.0 Å². The number of hydrogen-bond acceptors (Lipinski definition) is 4. The van der Waals surface area contributed by atoms with Crippen LogP contribution >= 0.6 is 0 Å². The zero-order valence-corrected chi connectivity index (χ0v) is 27.1. The third-order valence-corrected chi connectivity index (χ3v) is 6.92. The number of aryl methyl sites for hydroxylation is 2. The highest BCUT2D eigenvalue weighted by molar-refractivity contribution is 5.92. The normalized spacial score (nSPS) is 14.0. The van der Waals surface area contributed by atoms with Gasteiger partial charge in [0.2, 0.25) is 11.8 Å². The Morgan fingerprint density at radius 1 is 0.950 bits per heavy atom. The van der Waals surface area contributed by atoms with Crippen LogP contribution in [0.15, 0.2) is 18.2 Å². The Morgan fingerprint density at radius 3 is 2.15 bits per heavy atom. The predicted molar refractivity (Wildman–Crippen MR) is 164 cm³/mol. The summed E-state index contributed by atoms with van der Waals surface area (Å²) in [5.74, 6) is 0.145. The van der Waals surface area contributed by atoms with Crippen LogP contribution in [0.2, 0.25) is 0 Å². The van der Waals surface area contributed by atoms with E-state index in [4.69, 9.17) is 4.74 Å². The van der Waals surface area contributed by atoms with Crippen LogP contribution in [0.5, 0.6) is 0 Å². The van der Waals surface area contributed by atoms with E-state index in [-0.39, 0.29) is 23.8 Å². The van der Waals surface area contributed by atoms with Gasteiger partial charge in [0, 0.05) is 12.6 Å². The lowest BCUT2D eigenvalue weighted by molar-refractivity contribution is -0.145. The van der Waals surface area contributed by atoms with E-state index in [2.05, 4.69) is 31.4 Å². The molecule has 1 aromatic rings. The van der Waals surface area contributed by atoms with Crippen LogP contribution in [-0.2, 0) is 14.3 Å². The zero-order valence-electron chi connectivity index (χ0n) is 27.1. The molecule has 0 spiro atoms. The van der Waals surface area contributed by atoms with E-state index >= 15 is 0 Å². The fourth-order valence-electron chi connectivity index (χ4n) is 4.79. The Kier molecular flexibility index (Phi) is 14.7. The molecule has 3 amide bonds. The van der Waals surface area contributed by atoms with Crippen LogP contribution in [0.1, 0.15) is 124 Å². The quantitative estimate of drug-likeness (QED) is 0.222. The van der Waals surface area contributed by atoms with E-state index in [1.165, 1.54) is 0 Å². The second-order valence-electron chi connectivity index (χ2n) is 13.2. The lowest BCUT2D eigenvalue weighted by atomic mass is 9.92. The number of ether oxygens (including phenoxy) is 1. The summed E-state index contributed by atoms with van der Waals surface area (Å²) in [4.78, 5) is 43.1. The molecule has 2 N–H and O–H groups in total. The van der Waals surface area contributed by atoms with Gasteiger partial charge >= 0.3 is 6.09 Å². The van der Waals surface area contributed by atoms with Crippen LogP contribution in [0.25, 0.3) is 0 Å². The smallest absolute Gasteiger partial charge is 0.408 e. The summed E-state index contributed by atoms with van der Waals surface area (Å²) in [5.41, 5.74) is 2.10. The molecule has 1 aromatic carbocycles. The number of nitrogens with one attached hydrogen (secondary N) is 2. The molecule has 0 radical (unpaired) electrons. The minimum atomic E-state index is -0.822. The van der Waals surface area contributed by atoms with Crippen molar-refractivity contribution in [3.05, 3.63) is 34.9 Å². The van der Waals surface area contributed by atoms with E-state index < -0.39 is 23.8 Å². The molecular weight excluding hydrogens is 502 g/mol. The van der Waals surface area contributed by atoms with Crippen molar-refractivity contribution in [1.82, 2.24) is 15.5 Å². The lowest BCUT2D eigenvalue weighted by Gasteiger charge is -2.39. The monoisotopic (exact) mass is 559 g/mol. The average molecular weight is 560 g/mol. The molecule has 0 bridgehead atoms. The Bertz CT molecular complexity index is 952. The first-order valence-corrected chi connectivity index (χ1v) is 15.2. The van der Waals surface area contributed by atoms with E-state index in [1.54, 1.807) is 25.7 Å². The fourth-order valence-corrected chi connectivity index (χ4v) is 4.79.